The van der Waals surface area contributed by atoms with Gasteiger partial charge in [0.05, 0.1) is 5.39 Å². The summed E-state index contributed by atoms with van der Waals surface area (Å²) in [6.45, 7) is 1.79. The van der Waals surface area contributed by atoms with Crippen LogP contribution in [0.2, 0.25) is 0 Å². The Morgan fingerprint density at radius 3 is 2.48 bits per heavy atom. The van der Waals surface area contributed by atoms with Crippen LogP contribution < -0.4 is 10.7 Å². The molecule has 1 saturated heterocycles. The average Bonchev–Trinajstić information content (AvgIpc) is 2.73. The number of hydrogen-bond donors (Lipinski definition) is 1. The molecule has 1 N–H and O–H groups in total. The second-order valence-corrected chi connectivity index (χ2v) is 6.91. The van der Waals surface area contributed by atoms with Crippen molar-refractivity contribution in [3.63, 3.8) is 0 Å². The minimum absolute atomic E-state index is 0.0361. The van der Waals surface area contributed by atoms with Crippen molar-refractivity contribution in [2.75, 3.05) is 19.8 Å². The highest BCUT2D eigenvalue weighted by molar-refractivity contribution is 5.93. The lowest BCUT2D eigenvalue weighted by molar-refractivity contribution is 0.0484. The highest BCUT2D eigenvalue weighted by Gasteiger charge is 2.35. The Hall–Kier alpha value is -2.92. The first-order chi connectivity index (χ1) is 13.2. The van der Waals surface area contributed by atoms with Crippen molar-refractivity contribution in [3.05, 3.63) is 82.2 Å². The van der Waals surface area contributed by atoms with E-state index >= 15 is 0 Å². The molecule has 1 fully saturated rings. The molecule has 1 aliphatic rings. The summed E-state index contributed by atoms with van der Waals surface area (Å²) in [6.07, 6.45) is 1.66. The summed E-state index contributed by atoms with van der Waals surface area (Å²) in [5.74, 6) is -0.339. The van der Waals surface area contributed by atoms with E-state index in [1.807, 2.05) is 18.2 Å². The van der Waals surface area contributed by atoms with Gasteiger partial charge in [0.1, 0.15) is 5.58 Å². The lowest BCUT2D eigenvalue weighted by Gasteiger charge is -2.37. The second-order valence-electron chi connectivity index (χ2n) is 6.91. The molecule has 138 valence electrons. The minimum atomic E-state index is -0.375. The molecule has 27 heavy (non-hydrogen) atoms. The van der Waals surface area contributed by atoms with E-state index in [1.54, 1.807) is 24.3 Å². The van der Waals surface area contributed by atoms with Crippen LogP contribution in [0.5, 0.6) is 0 Å². The van der Waals surface area contributed by atoms with Crippen LogP contribution in [0.1, 0.15) is 29.0 Å². The molecule has 1 amide bonds. The van der Waals surface area contributed by atoms with E-state index in [0.717, 1.165) is 12.8 Å². The van der Waals surface area contributed by atoms with Gasteiger partial charge in [0.15, 0.2) is 11.2 Å². The predicted octanol–water partition coefficient (Wildman–Crippen LogP) is 3.27. The van der Waals surface area contributed by atoms with E-state index < -0.39 is 0 Å². The Bertz CT molecular complexity index is 1000. The molecule has 5 heteroatoms. The molecule has 0 spiro atoms. The van der Waals surface area contributed by atoms with Crippen LogP contribution in [0.4, 0.5) is 0 Å². The van der Waals surface area contributed by atoms with Gasteiger partial charge in [0, 0.05) is 31.2 Å². The SMILES string of the molecule is O=C(NCC1(c2ccccc2)CCOCC1)c1cc(=O)c2ccccc2o1. The molecule has 0 unspecified atom stereocenters. The van der Waals surface area contributed by atoms with E-state index in [1.165, 1.54) is 11.6 Å². The Morgan fingerprint density at radius 2 is 1.70 bits per heavy atom. The highest BCUT2D eigenvalue weighted by Crippen LogP contribution is 2.34. The van der Waals surface area contributed by atoms with Crippen molar-refractivity contribution >= 4 is 16.9 Å². The third kappa shape index (κ3) is 3.51. The fourth-order valence-electron chi connectivity index (χ4n) is 3.67. The molecule has 0 saturated carbocycles. The fraction of sp³-hybridized carbons (Fsp3) is 0.273. The molecular formula is C22H21NO4. The van der Waals surface area contributed by atoms with Gasteiger partial charge in [-0.25, -0.2) is 0 Å². The molecule has 2 aromatic carbocycles. The summed E-state index contributed by atoms with van der Waals surface area (Å²) in [6, 6.07) is 18.4. The molecule has 3 aromatic rings. The Balaban J connectivity index is 1.58. The van der Waals surface area contributed by atoms with Crippen LogP contribution in [0.15, 0.2) is 69.9 Å². The third-order valence-electron chi connectivity index (χ3n) is 5.28. The van der Waals surface area contributed by atoms with E-state index in [4.69, 9.17) is 9.15 Å². The van der Waals surface area contributed by atoms with Crippen molar-refractivity contribution < 1.29 is 13.9 Å². The third-order valence-corrected chi connectivity index (χ3v) is 5.28. The van der Waals surface area contributed by atoms with Crippen molar-refractivity contribution in [1.82, 2.24) is 5.32 Å². The topological polar surface area (TPSA) is 68.5 Å². The summed E-state index contributed by atoms with van der Waals surface area (Å²) in [5, 5.41) is 3.44. The summed E-state index contributed by atoms with van der Waals surface area (Å²) in [7, 11) is 0. The maximum absolute atomic E-state index is 12.7. The number of rotatable bonds is 4. The van der Waals surface area contributed by atoms with Crippen LogP contribution >= 0.6 is 0 Å². The van der Waals surface area contributed by atoms with Crippen LogP contribution in [0.3, 0.4) is 0 Å². The first-order valence-corrected chi connectivity index (χ1v) is 9.12. The second kappa shape index (κ2) is 7.37. The van der Waals surface area contributed by atoms with Gasteiger partial charge in [-0.15, -0.1) is 0 Å². The van der Waals surface area contributed by atoms with Gasteiger partial charge in [-0.2, -0.15) is 0 Å². The largest absolute Gasteiger partial charge is 0.451 e. The summed E-state index contributed by atoms with van der Waals surface area (Å²) in [4.78, 5) is 24.9. The molecule has 1 aromatic heterocycles. The van der Waals surface area contributed by atoms with E-state index in [2.05, 4.69) is 17.4 Å². The van der Waals surface area contributed by atoms with Crippen molar-refractivity contribution in [2.45, 2.75) is 18.3 Å². The smallest absolute Gasteiger partial charge is 0.287 e. The Morgan fingerprint density at radius 1 is 1.00 bits per heavy atom. The summed E-state index contributed by atoms with van der Waals surface area (Å²) >= 11 is 0. The monoisotopic (exact) mass is 363 g/mol. The molecule has 1 aliphatic heterocycles. The maximum atomic E-state index is 12.7. The lowest BCUT2D eigenvalue weighted by atomic mass is 9.74. The predicted molar refractivity (Wildman–Crippen MR) is 103 cm³/mol. The summed E-state index contributed by atoms with van der Waals surface area (Å²) < 4.78 is 11.2. The number of carbonyl (C=O) groups excluding carboxylic acids is 1. The first-order valence-electron chi connectivity index (χ1n) is 9.12. The number of benzene rings is 2. The zero-order valence-electron chi connectivity index (χ0n) is 14.9. The van der Waals surface area contributed by atoms with Gasteiger partial charge in [-0.3, -0.25) is 9.59 Å². The number of amides is 1. The highest BCUT2D eigenvalue weighted by atomic mass is 16.5. The van der Waals surface area contributed by atoms with E-state index in [9.17, 15) is 9.59 Å². The number of nitrogens with one attached hydrogen (secondary N) is 1. The van der Waals surface area contributed by atoms with Gasteiger partial charge in [-0.1, -0.05) is 42.5 Å². The zero-order chi connectivity index (χ0) is 18.7. The van der Waals surface area contributed by atoms with E-state index in [-0.39, 0.29) is 22.5 Å². The fourth-order valence-corrected chi connectivity index (χ4v) is 3.67. The van der Waals surface area contributed by atoms with Crippen molar-refractivity contribution in [1.29, 1.82) is 0 Å². The van der Waals surface area contributed by atoms with Crippen molar-refractivity contribution in [2.24, 2.45) is 0 Å². The molecule has 4 rings (SSSR count). The number of hydrogen-bond acceptors (Lipinski definition) is 4. The lowest BCUT2D eigenvalue weighted by Crippen LogP contribution is -2.44. The molecule has 5 nitrogen and oxygen atoms in total. The average molecular weight is 363 g/mol. The number of ether oxygens (including phenoxy) is 1. The maximum Gasteiger partial charge on any atom is 0.287 e. The Labute approximate surface area is 157 Å². The standard InChI is InChI=1S/C22H21NO4/c24-18-14-20(27-19-9-5-4-8-17(18)19)21(25)23-15-22(10-12-26-13-11-22)16-6-2-1-3-7-16/h1-9,14H,10-13,15H2,(H,23,25). The number of fused-ring (bicyclic) bond motifs is 1. The molecule has 0 atom stereocenters. The molecular weight excluding hydrogens is 342 g/mol. The van der Waals surface area contributed by atoms with Gasteiger partial charge < -0.3 is 14.5 Å². The van der Waals surface area contributed by atoms with Crippen molar-refractivity contribution in [3.8, 4) is 0 Å². The minimum Gasteiger partial charge on any atom is -0.451 e. The van der Waals surface area contributed by atoms with E-state index in [0.29, 0.717) is 30.7 Å². The first kappa shape index (κ1) is 17.5. The van der Waals surface area contributed by atoms with Gasteiger partial charge >= 0.3 is 0 Å². The van der Waals surface area contributed by atoms with Gasteiger partial charge in [0.2, 0.25) is 0 Å². The number of para-hydroxylation sites is 1. The van der Waals surface area contributed by atoms with Crippen LogP contribution in [-0.2, 0) is 10.2 Å². The van der Waals surface area contributed by atoms with Crippen LogP contribution in [0, 0.1) is 0 Å². The zero-order valence-corrected chi connectivity index (χ0v) is 14.9. The van der Waals surface area contributed by atoms with Crippen LogP contribution in [0.25, 0.3) is 11.0 Å². The van der Waals surface area contributed by atoms with Gasteiger partial charge in [-0.05, 0) is 30.5 Å². The summed E-state index contributed by atoms with van der Waals surface area (Å²) in [5.41, 5.74) is 1.21. The Kier molecular flexibility index (Phi) is 4.77. The number of carbonyl (C=O) groups is 1. The quantitative estimate of drug-likeness (QED) is 0.772. The molecule has 0 aliphatic carbocycles. The molecule has 0 bridgehead atoms. The van der Waals surface area contributed by atoms with Crippen LogP contribution in [-0.4, -0.2) is 25.7 Å². The molecule has 0 radical (unpaired) electrons. The molecule has 2 heterocycles. The van der Waals surface area contributed by atoms with Gasteiger partial charge in [0.25, 0.3) is 5.91 Å². The normalized spacial score (nSPS) is 16.1.